The minimum atomic E-state index is 0.299. The summed E-state index contributed by atoms with van der Waals surface area (Å²) in [5.41, 5.74) is 2.84. The molecule has 0 aliphatic heterocycles. The van der Waals surface area contributed by atoms with E-state index in [0.717, 1.165) is 21.9 Å². The van der Waals surface area contributed by atoms with E-state index in [9.17, 15) is 0 Å². The van der Waals surface area contributed by atoms with Crippen molar-refractivity contribution in [3.8, 4) is 11.8 Å². The van der Waals surface area contributed by atoms with Crippen LogP contribution in [0.1, 0.15) is 23.7 Å². The van der Waals surface area contributed by atoms with Gasteiger partial charge in [0.05, 0.1) is 0 Å². The summed E-state index contributed by atoms with van der Waals surface area (Å²) in [6.45, 7) is 1.96. The molecule has 0 saturated heterocycles. The summed E-state index contributed by atoms with van der Waals surface area (Å²) in [6.07, 6.45) is 5.71. The van der Waals surface area contributed by atoms with E-state index in [-0.39, 0.29) is 0 Å². The quantitative estimate of drug-likeness (QED) is 0.540. The second kappa shape index (κ2) is 6.72. The van der Waals surface area contributed by atoms with Crippen LogP contribution in [0.3, 0.4) is 0 Å². The highest BCUT2D eigenvalue weighted by molar-refractivity contribution is 6.13. The van der Waals surface area contributed by atoms with E-state index in [0.29, 0.717) is 11.4 Å². The molecule has 110 valence electrons. The molecule has 0 fully saturated rings. The van der Waals surface area contributed by atoms with E-state index in [1.807, 2.05) is 73.7 Å². The lowest BCUT2D eigenvalue weighted by Gasteiger charge is -2.02. The minimum absolute atomic E-state index is 0.299. The second-order valence-corrected chi connectivity index (χ2v) is 5.09. The molecule has 0 aliphatic carbocycles. The van der Waals surface area contributed by atoms with Crippen molar-refractivity contribution in [1.82, 2.24) is 4.98 Å². The molecule has 0 aliphatic rings. The molecule has 2 nitrogen and oxygen atoms in total. The number of pyridine rings is 1. The number of allylic oxidation sites excluding steroid dienone is 1. The van der Waals surface area contributed by atoms with Gasteiger partial charge < -0.3 is 0 Å². The van der Waals surface area contributed by atoms with Gasteiger partial charge in [0.2, 0.25) is 0 Å². The average Bonchev–Trinajstić information content (AvgIpc) is 2.60. The zero-order valence-electron chi connectivity index (χ0n) is 12.9. The summed E-state index contributed by atoms with van der Waals surface area (Å²) >= 11 is 0. The van der Waals surface area contributed by atoms with Crippen molar-refractivity contribution in [2.45, 2.75) is 6.92 Å². The number of nitrogens with one attached hydrogen (secondary N) is 1. The van der Waals surface area contributed by atoms with Gasteiger partial charge in [-0.1, -0.05) is 60.7 Å². The first-order valence-corrected chi connectivity index (χ1v) is 7.46. The van der Waals surface area contributed by atoms with Crippen molar-refractivity contribution < 1.29 is 0 Å². The molecule has 3 aromatic rings. The van der Waals surface area contributed by atoms with Gasteiger partial charge in [-0.15, -0.1) is 0 Å². The Bertz CT molecular complexity index is 951. The molecule has 0 bridgehead atoms. The van der Waals surface area contributed by atoms with Crippen LogP contribution >= 0.6 is 0 Å². The van der Waals surface area contributed by atoms with Gasteiger partial charge in [0.25, 0.3) is 0 Å². The second-order valence-electron chi connectivity index (χ2n) is 5.09. The molecular weight excluding hydrogens is 280 g/mol. The molecule has 1 N–H and O–H groups in total. The van der Waals surface area contributed by atoms with Crippen molar-refractivity contribution in [2.24, 2.45) is 0 Å². The first-order chi connectivity index (χ1) is 11.3. The Morgan fingerprint density at radius 3 is 2.70 bits per heavy atom. The van der Waals surface area contributed by atoms with Crippen LogP contribution in [0.4, 0.5) is 0 Å². The minimum Gasteiger partial charge on any atom is -0.291 e. The van der Waals surface area contributed by atoms with Crippen LogP contribution < -0.4 is 0 Å². The lowest BCUT2D eigenvalue weighted by Crippen LogP contribution is -1.98. The van der Waals surface area contributed by atoms with Crippen molar-refractivity contribution >= 4 is 22.6 Å². The number of rotatable bonds is 2. The Labute approximate surface area is 136 Å². The average molecular weight is 296 g/mol. The zero-order chi connectivity index (χ0) is 16.1. The molecule has 2 aromatic carbocycles. The molecule has 23 heavy (non-hydrogen) atoms. The fourth-order valence-corrected chi connectivity index (χ4v) is 2.46. The third-order valence-corrected chi connectivity index (χ3v) is 3.56. The molecule has 3 rings (SSSR count). The largest absolute Gasteiger partial charge is 0.291 e. The number of benzene rings is 2. The summed E-state index contributed by atoms with van der Waals surface area (Å²) in [6, 6.07) is 17.8. The normalized spacial score (nSPS) is 10.5. The first kappa shape index (κ1) is 14.7. The molecule has 0 spiro atoms. The van der Waals surface area contributed by atoms with Gasteiger partial charge in [-0.05, 0) is 35.8 Å². The van der Waals surface area contributed by atoms with Crippen LogP contribution in [0.15, 0.2) is 66.9 Å². The predicted molar refractivity (Wildman–Crippen MR) is 96.6 cm³/mol. The Morgan fingerprint density at radius 1 is 1.04 bits per heavy atom. The summed E-state index contributed by atoms with van der Waals surface area (Å²) in [5.74, 6) is 5.99. The Morgan fingerprint density at radius 2 is 1.83 bits per heavy atom. The van der Waals surface area contributed by atoms with Crippen LogP contribution in [0.5, 0.6) is 0 Å². The number of aromatic nitrogens is 1. The highest BCUT2D eigenvalue weighted by atomic mass is 14.7. The highest BCUT2D eigenvalue weighted by Crippen LogP contribution is 2.15. The molecule has 0 radical (unpaired) electrons. The summed E-state index contributed by atoms with van der Waals surface area (Å²) in [7, 11) is 0. The van der Waals surface area contributed by atoms with Crippen LogP contribution in [-0.4, -0.2) is 10.7 Å². The van der Waals surface area contributed by atoms with Crippen LogP contribution in [-0.2, 0) is 0 Å². The molecule has 0 saturated carbocycles. The third kappa shape index (κ3) is 3.20. The standard InChI is InChI=1S/C21H16N2/c1-2-7-16-8-3-5-10-18(16)20(22)12-13-21-19-11-6-4-9-17(19)14-15-23-21/h2-11,14-15,22H,1H3/b7-2-,22-20?. The van der Waals surface area contributed by atoms with Crippen molar-refractivity contribution in [3.05, 3.63) is 83.7 Å². The molecular formula is C21H16N2. The van der Waals surface area contributed by atoms with Gasteiger partial charge in [0, 0.05) is 17.1 Å². The van der Waals surface area contributed by atoms with Gasteiger partial charge in [0.1, 0.15) is 11.4 Å². The van der Waals surface area contributed by atoms with Gasteiger partial charge >= 0.3 is 0 Å². The molecule has 0 unspecified atom stereocenters. The third-order valence-electron chi connectivity index (χ3n) is 3.56. The van der Waals surface area contributed by atoms with Crippen molar-refractivity contribution in [1.29, 1.82) is 5.41 Å². The van der Waals surface area contributed by atoms with Gasteiger partial charge in [-0.25, -0.2) is 4.98 Å². The molecule has 2 heteroatoms. The SMILES string of the molecule is C/C=C\c1ccccc1C(=N)C#Cc1nccc2ccccc12. The number of nitrogens with zero attached hydrogens (tertiary/aromatic N) is 1. The van der Waals surface area contributed by atoms with Crippen LogP contribution in [0, 0.1) is 17.3 Å². The van der Waals surface area contributed by atoms with Crippen molar-refractivity contribution in [3.63, 3.8) is 0 Å². The maximum absolute atomic E-state index is 8.27. The smallest absolute Gasteiger partial charge is 0.121 e. The number of hydrogen-bond acceptors (Lipinski definition) is 2. The number of hydrogen-bond donors (Lipinski definition) is 1. The van der Waals surface area contributed by atoms with E-state index < -0.39 is 0 Å². The monoisotopic (exact) mass is 296 g/mol. The lowest BCUT2D eigenvalue weighted by atomic mass is 10.0. The van der Waals surface area contributed by atoms with E-state index in [1.54, 1.807) is 6.20 Å². The van der Waals surface area contributed by atoms with Crippen LogP contribution in [0.2, 0.25) is 0 Å². The summed E-state index contributed by atoms with van der Waals surface area (Å²) < 4.78 is 0. The summed E-state index contributed by atoms with van der Waals surface area (Å²) in [5, 5.41) is 10.4. The van der Waals surface area contributed by atoms with Crippen molar-refractivity contribution in [2.75, 3.05) is 0 Å². The molecule has 1 aromatic heterocycles. The van der Waals surface area contributed by atoms with Crippen LogP contribution in [0.25, 0.3) is 16.8 Å². The zero-order valence-corrected chi connectivity index (χ0v) is 12.9. The Balaban J connectivity index is 2.00. The fourth-order valence-electron chi connectivity index (χ4n) is 2.46. The molecule has 0 amide bonds. The lowest BCUT2D eigenvalue weighted by molar-refractivity contribution is 1.32. The maximum atomic E-state index is 8.27. The number of fused-ring (bicyclic) bond motifs is 1. The maximum Gasteiger partial charge on any atom is 0.121 e. The summed E-state index contributed by atoms with van der Waals surface area (Å²) in [4.78, 5) is 4.35. The van der Waals surface area contributed by atoms with Gasteiger partial charge in [0.15, 0.2) is 0 Å². The molecule has 0 atom stereocenters. The predicted octanol–water partition coefficient (Wildman–Crippen LogP) is 4.69. The van der Waals surface area contributed by atoms with E-state index in [1.165, 1.54) is 0 Å². The molecule has 1 heterocycles. The van der Waals surface area contributed by atoms with Gasteiger partial charge in [-0.3, -0.25) is 5.41 Å². The highest BCUT2D eigenvalue weighted by Gasteiger charge is 2.03. The first-order valence-electron chi connectivity index (χ1n) is 7.46. The Hall–Kier alpha value is -3.18. The van der Waals surface area contributed by atoms with E-state index >= 15 is 0 Å². The van der Waals surface area contributed by atoms with Gasteiger partial charge in [-0.2, -0.15) is 0 Å². The Kier molecular flexibility index (Phi) is 4.31. The van der Waals surface area contributed by atoms with E-state index in [4.69, 9.17) is 5.41 Å². The topological polar surface area (TPSA) is 36.7 Å². The van der Waals surface area contributed by atoms with E-state index in [2.05, 4.69) is 16.8 Å². The fraction of sp³-hybridized carbons (Fsp3) is 0.0476.